The lowest BCUT2D eigenvalue weighted by molar-refractivity contribution is 0.615. The third kappa shape index (κ3) is 3.14. The van der Waals surface area contributed by atoms with Crippen molar-refractivity contribution in [2.24, 2.45) is 19.2 Å². The average molecular weight is 393 g/mol. The number of hydrogen-bond acceptors (Lipinski definition) is 5. The first-order chi connectivity index (χ1) is 12.7. The second-order valence-electron chi connectivity index (χ2n) is 6.28. The van der Waals surface area contributed by atoms with E-state index in [2.05, 4.69) is 15.5 Å². The highest BCUT2D eigenvalue weighted by molar-refractivity contribution is 6.33. The molecule has 8 nitrogen and oxygen atoms in total. The number of aryl methyl sites for hydroxylation is 1. The Labute approximate surface area is 158 Å². The van der Waals surface area contributed by atoms with Crippen molar-refractivity contribution < 1.29 is 4.39 Å². The molecule has 0 unspecified atom stereocenters. The summed E-state index contributed by atoms with van der Waals surface area (Å²) in [6.07, 6.45) is 1.23. The van der Waals surface area contributed by atoms with Gasteiger partial charge in [-0.25, -0.2) is 14.6 Å². The zero-order chi connectivity index (χ0) is 19.9. The maximum atomic E-state index is 13.8. The maximum absolute atomic E-state index is 13.8. The minimum absolute atomic E-state index is 0.127. The molecule has 2 aromatic heterocycles. The molecule has 0 aliphatic rings. The quantitative estimate of drug-likeness (QED) is 0.545. The highest BCUT2D eigenvalue weighted by Gasteiger charge is 2.20. The first kappa shape index (κ1) is 18.8. The molecule has 0 fully saturated rings. The second-order valence-corrected chi connectivity index (χ2v) is 6.69. The van der Waals surface area contributed by atoms with Gasteiger partial charge in [0.1, 0.15) is 5.82 Å². The Morgan fingerprint density at radius 1 is 1.26 bits per heavy atom. The molecule has 0 aliphatic carbocycles. The molecule has 3 aromatic rings. The van der Waals surface area contributed by atoms with Crippen molar-refractivity contribution in [1.82, 2.24) is 18.7 Å². The van der Waals surface area contributed by atoms with Gasteiger partial charge in [0.05, 0.1) is 11.2 Å². The summed E-state index contributed by atoms with van der Waals surface area (Å²) in [5.41, 5.74) is 2.42. The summed E-state index contributed by atoms with van der Waals surface area (Å²) < 4.78 is 17.8. The van der Waals surface area contributed by atoms with Crippen molar-refractivity contribution in [2.75, 3.05) is 5.43 Å². The molecule has 2 heterocycles. The largest absolute Gasteiger partial charge is 0.332 e. The Hall–Kier alpha value is -2.94. The van der Waals surface area contributed by atoms with Crippen molar-refractivity contribution >= 4 is 34.9 Å². The van der Waals surface area contributed by atoms with E-state index >= 15 is 0 Å². The molecule has 10 heteroatoms. The highest BCUT2D eigenvalue weighted by Crippen LogP contribution is 2.21. The number of hydrogen-bond donors (Lipinski definition) is 1. The molecule has 27 heavy (non-hydrogen) atoms. The molecule has 0 amide bonds. The van der Waals surface area contributed by atoms with Crippen molar-refractivity contribution in [3.8, 4) is 0 Å². The van der Waals surface area contributed by atoms with E-state index in [9.17, 15) is 14.0 Å². The summed E-state index contributed by atoms with van der Waals surface area (Å²) in [6.45, 7) is 3.74. The molecule has 0 radical (unpaired) electrons. The van der Waals surface area contributed by atoms with Crippen LogP contribution in [0.15, 0.2) is 32.9 Å². The summed E-state index contributed by atoms with van der Waals surface area (Å²) in [7, 11) is 2.95. The third-order valence-corrected chi connectivity index (χ3v) is 4.50. The number of fused-ring (bicyclic) bond motifs is 1. The molecule has 142 valence electrons. The standard InChI is InChI=1S/C17H18ClFN6O2/c1-9(2)25-13-14(23(3)17(27)24(4)15(13)26)21-16(25)22-20-8-10-11(18)6-5-7-12(10)19/h5-9H,1-4H3,(H,21,22). The summed E-state index contributed by atoms with van der Waals surface area (Å²) in [6, 6.07) is 4.18. The minimum Gasteiger partial charge on any atom is -0.300 e. The van der Waals surface area contributed by atoms with Crippen LogP contribution >= 0.6 is 11.6 Å². The number of aromatic nitrogens is 4. The van der Waals surface area contributed by atoms with E-state index in [-0.39, 0.29) is 33.7 Å². The fraction of sp³-hybridized carbons (Fsp3) is 0.294. The van der Waals surface area contributed by atoms with E-state index in [0.717, 1.165) is 4.57 Å². The zero-order valence-corrected chi connectivity index (χ0v) is 16.0. The van der Waals surface area contributed by atoms with Crippen LogP contribution in [0.25, 0.3) is 11.2 Å². The van der Waals surface area contributed by atoms with E-state index in [1.54, 1.807) is 10.6 Å². The van der Waals surface area contributed by atoms with Crippen LogP contribution in [0.2, 0.25) is 5.02 Å². The SMILES string of the molecule is CC(C)n1c(NN=Cc2c(F)cccc2Cl)nc2c1c(=O)n(C)c(=O)n2C. The number of nitrogens with zero attached hydrogens (tertiary/aromatic N) is 5. The minimum atomic E-state index is -0.512. The fourth-order valence-electron chi connectivity index (χ4n) is 2.78. The third-order valence-electron chi connectivity index (χ3n) is 4.17. The van der Waals surface area contributed by atoms with Gasteiger partial charge in [-0.3, -0.25) is 13.9 Å². The number of anilines is 1. The lowest BCUT2D eigenvalue weighted by atomic mass is 10.2. The van der Waals surface area contributed by atoms with E-state index in [1.807, 2.05) is 13.8 Å². The van der Waals surface area contributed by atoms with E-state index in [4.69, 9.17) is 11.6 Å². The van der Waals surface area contributed by atoms with Crippen LogP contribution in [0.1, 0.15) is 25.5 Å². The normalized spacial score (nSPS) is 11.8. The fourth-order valence-corrected chi connectivity index (χ4v) is 3.00. The van der Waals surface area contributed by atoms with Gasteiger partial charge in [-0.2, -0.15) is 10.1 Å². The first-order valence-electron chi connectivity index (χ1n) is 8.15. The molecular formula is C17H18ClFN6O2. The van der Waals surface area contributed by atoms with Gasteiger partial charge in [0.15, 0.2) is 11.2 Å². The summed E-state index contributed by atoms with van der Waals surface area (Å²) in [5, 5.41) is 4.21. The Morgan fingerprint density at radius 2 is 1.96 bits per heavy atom. The van der Waals surface area contributed by atoms with Crippen molar-refractivity contribution in [2.45, 2.75) is 19.9 Å². The van der Waals surface area contributed by atoms with Crippen LogP contribution < -0.4 is 16.7 Å². The topological polar surface area (TPSA) is 86.2 Å². The van der Waals surface area contributed by atoms with E-state index in [0.29, 0.717) is 0 Å². The van der Waals surface area contributed by atoms with Crippen molar-refractivity contribution in [1.29, 1.82) is 0 Å². The van der Waals surface area contributed by atoms with Crippen molar-refractivity contribution in [3.63, 3.8) is 0 Å². The second kappa shape index (κ2) is 6.99. The molecule has 1 aromatic carbocycles. The van der Waals surface area contributed by atoms with Gasteiger partial charge in [0.2, 0.25) is 5.95 Å². The van der Waals surface area contributed by atoms with Gasteiger partial charge in [0, 0.05) is 25.7 Å². The molecule has 0 saturated heterocycles. The number of halogens is 2. The number of nitrogens with one attached hydrogen (secondary N) is 1. The Balaban J connectivity index is 2.13. The Bertz CT molecular complexity index is 1150. The molecule has 3 rings (SSSR count). The number of benzene rings is 1. The smallest absolute Gasteiger partial charge is 0.300 e. The van der Waals surface area contributed by atoms with Gasteiger partial charge in [-0.05, 0) is 26.0 Å². The summed E-state index contributed by atoms with van der Waals surface area (Å²) in [4.78, 5) is 29.1. The highest BCUT2D eigenvalue weighted by atomic mass is 35.5. The van der Waals surface area contributed by atoms with Crippen LogP contribution in [0, 0.1) is 5.82 Å². The predicted octanol–water partition coefficient (Wildman–Crippen LogP) is 2.25. The first-order valence-corrected chi connectivity index (χ1v) is 8.52. The Kier molecular flexibility index (Phi) is 4.88. The zero-order valence-electron chi connectivity index (χ0n) is 15.2. The number of hydrazone groups is 1. The lowest BCUT2D eigenvalue weighted by Gasteiger charge is -2.12. The number of rotatable bonds is 4. The van der Waals surface area contributed by atoms with Gasteiger partial charge < -0.3 is 4.57 Å². The van der Waals surface area contributed by atoms with Gasteiger partial charge in [-0.15, -0.1) is 0 Å². The monoisotopic (exact) mass is 392 g/mol. The summed E-state index contributed by atoms with van der Waals surface area (Å²) in [5.74, 6) is -0.260. The van der Waals surface area contributed by atoms with Gasteiger partial charge in [-0.1, -0.05) is 17.7 Å². The van der Waals surface area contributed by atoms with E-state index in [1.165, 1.54) is 37.0 Å². The number of imidazole rings is 1. The molecule has 0 atom stereocenters. The van der Waals surface area contributed by atoms with Gasteiger partial charge in [0.25, 0.3) is 5.56 Å². The lowest BCUT2D eigenvalue weighted by Crippen LogP contribution is -2.37. The van der Waals surface area contributed by atoms with Crippen LogP contribution in [-0.2, 0) is 14.1 Å². The predicted molar refractivity (Wildman–Crippen MR) is 103 cm³/mol. The molecule has 1 N–H and O–H groups in total. The van der Waals surface area contributed by atoms with E-state index < -0.39 is 17.1 Å². The van der Waals surface area contributed by atoms with Crippen LogP contribution in [-0.4, -0.2) is 24.9 Å². The molecule has 0 saturated carbocycles. The molecule has 0 bridgehead atoms. The average Bonchev–Trinajstić information content (AvgIpc) is 3.00. The summed E-state index contributed by atoms with van der Waals surface area (Å²) >= 11 is 5.97. The maximum Gasteiger partial charge on any atom is 0.332 e. The molecular weight excluding hydrogens is 375 g/mol. The molecule has 0 spiro atoms. The van der Waals surface area contributed by atoms with Crippen LogP contribution in [0.4, 0.5) is 10.3 Å². The van der Waals surface area contributed by atoms with Crippen LogP contribution in [0.5, 0.6) is 0 Å². The van der Waals surface area contributed by atoms with Crippen molar-refractivity contribution in [3.05, 3.63) is 55.4 Å². The van der Waals surface area contributed by atoms with Gasteiger partial charge >= 0.3 is 5.69 Å². The Morgan fingerprint density at radius 3 is 2.59 bits per heavy atom. The molecule has 0 aliphatic heterocycles. The van der Waals surface area contributed by atoms with Crippen LogP contribution in [0.3, 0.4) is 0 Å².